The Hall–Kier alpha value is -6.29. The number of H-pyrrole nitrogens is 1. The highest BCUT2D eigenvalue weighted by Gasteiger charge is 2.39. The molecule has 21 nitrogen and oxygen atoms in total. The van der Waals surface area contributed by atoms with Crippen LogP contribution in [-0.4, -0.2) is 131 Å². The summed E-state index contributed by atoms with van der Waals surface area (Å²) in [4.78, 5) is 87.5. The number of benzene rings is 1. The molecule has 0 aliphatic carbocycles. The molecule has 0 saturated carbocycles. The molecule has 22 heteroatoms. The van der Waals surface area contributed by atoms with Crippen LogP contribution in [0.2, 0.25) is 0 Å². The van der Waals surface area contributed by atoms with Crippen molar-refractivity contribution in [2.75, 3.05) is 77.7 Å². The number of rotatable bonds is 20. The maximum atomic E-state index is 13.6. The first-order chi connectivity index (χ1) is 30.7. The average Bonchev–Trinajstić information content (AvgIpc) is 3.99. The number of piperidine rings is 1. The predicted molar refractivity (Wildman–Crippen MR) is 232 cm³/mol. The number of ether oxygens (including phenoxy) is 3. The molecule has 1 aromatic carbocycles. The van der Waals surface area contributed by atoms with Gasteiger partial charge in [-0.1, -0.05) is 11.2 Å². The van der Waals surface area contributed by atoms with Gasteiger partial charge in [0.05, 0.1) is 67.2 Å². The van der Waals surface area contributed by atoms with Crippen molar-refractivity contribution in [3.63, 3.8) is 0 Å². The topological polar surface area (TPSA) is 265 Å². The normalized spacial score (nSPS) is 17.7. The summed E-state index contributed by atoms with van der Waals surface area (Å²) in [6.45, 7) is 5.14. The van der Waals surface area contributed by atoms with Gasteiger partial charge < -0.3 is 39.1 Å². The molecule has 63 heavy (non-hydrogen) atoms. The second-order valence-electron chi connectivity index (χ2n) is 15.1. The Labute approximate surface area is 364 Å². The molecule has 2 aliphatic heterocycles. The van der Waals surface area contributed by atoms with Crippen LogP contribution in [0.1, 0.15) is 46.9 Å². The highest BCUT2D eigenvalue weighted by atomic mass is 32.1. The Morgan fingerprint density at radius 1 is 1.02 bits per heavy atom. The zero-order chi connectivity index (χ0) is 44.1. The smallest absolute Gasteiger partial charge is 0.377 e. The second kappa shape index (κ2) is 21.7. The van der Waals surface area contributed by atoms with Gasteiger partial charge in [-0.25, -0.2) is 24.5 Å². The van der Waals surface area contributed by atoms with Crippen LogP contribution in [0.15, 0.2) is 78.1 Å². The molecule has 2 saturated heterocycles. The van der Waals surface area contributed by atoms with Crippen molar-refractivity contribution in [3.8, 4) is 10.6 Å². The number of anilines is 1. The van der Waals surface area contributed by atoms with E-state index in [9.17, 15) is 24.0 Å². The summed E-state index contributed by atoms with van der Waals surface area (Å²) < 4.78 is 22.6. The first-order valence-electron chi connectivity index (χ1n) is 20.6. The third-order valence-corrected chi connectivity index (χ3v) is 11.6. The van der Waals surface area contributed by atoms with E-state index in [-0.39, 0.29) is 54.1 Å². The Balaban J connectivity index is 0.737. The van der Waals surface area contributed by atoms with E-state index in [1.807, 2.05) is 29.9 Å². The molecule has 332 valence electrons. The molecule has 4 aromatic heterocycles. The van der Waals surface area contributed by atoms with E-state index in [4.69, 9.17) is 24.7 Å². The van der Waals surface area contributed by atoms with E-state index < -0.39 is 35.3 Å². The number of azide groups is 1. The van der Waals surface area contributed by atoms with Gasteiger partial charge >= 0.3 is 11.4 Å². The number of likely N-dealkylation sites (tertiary alicyclic amines) is 2. The van der Waals surface area contributed by atoms with Gasteiger partial charge in [0, 0.05) is 80.2 Å². The lowest BCUT2D eigenvalue weighted by atomic mass is 9.96. The summed E-state index contributed by atoms with van der Waals surface area (Å²) in [5, 5.41) is 11.8. The maximum Gasteiger partial charge on any atom is 0.422 e. The van der Waals surface area contributed by atoms with E-state index in [2.05, 4.69) is 44.9 Å². The van der Waals surface area contributed by atoms with E-state index in [0.29, 0.717) is 57.8 Å². The quantitative estimate of drug-likeness (QED) is 0.0439. The van der Waals surface area contributed by atoms with Gasteiger partial charge in [-0.3, -0.25) is 23.9 Å². The molecule has 0 spiro atoms. The van der Waals surface area contributed by atoms with Gasteiger partial charge in [-0.2, -0.15) is 0 Å². The molecule has 2 aliphatic rings. The SMILES string of the molecule is Cn1c(=O)oc(=O)c2ccc(C(=O)N3C[C@@H](N=[N+]=[N-])C[C@H]3C(=O)NCCOCCOCCOCCNc3ncc(CN4CCCC(c5nc(-c6cccs6)cc(=O)[nH]5)C4)cn3)cc21. The molecule has 0 bridgehead atoms. The van der Waals surface area contributed by atoms with Crippen molar-refractivity contribution < 1.29 is 28.2 Å². The number of hydrogen-bond acceptors (Lipinski definition) is 16. The molecular weight excluding hydrogens is 837 g/mol. The van der Waals surface area contributed by atoms with Gasteiger partial charge in [0.15, 0.2) is 0 Å². The van der Waals surface area contributed by atoms with Crippen LogP contribution in [0, 0.1) is 0 Å². The standard InChI is InChI=1S/C41H48N12O9S/c1-51-32-18-27(6-7-30(32)39(57)62-41(51)58)38(56)53-25-29(49-50-42)19-33(53)37(55)43-8-11-59-13-15-61-16-14-60-12-9-44-40-45-21-26(22-46-40)23-52-10-2-4-28(24-52)36-47-31(20-35(54)48-36)34-5-3-17-63-34/h3,5-7,17-18,20-22,28-29,33H,2,4,8-16,19,23-25H2,1H3,(H,43,55)(H,44,45,46)(H,47,48,54)/t28?,29-,33-/m0/s1. The highest BCUT2D eigenvalue weighted by Crippen LogP contribution is 2.28. The van der Waals surface area contributed by atoms with E-state index in [1.54, 1.807) is 17.4 Å². The molecular formula is C41H48N12O9S. The second-order valence-corrected chi connectivity index (χ2v) is 16.0. The lowest BCUT2D eigenvalue weighted by Crippen LogP contribution is -2.46. The van der Waals surface area contributed by atoms with Crippen molar-refractivity contribution in [3.05, 3.63) is 113 Å². The Kier molecular flexibility index (Phi) is 15.4. The fourth-order valence-corrected chi connectivity index (χ4v) is 8.28. The summed E-state index contributed by atoms with van der Waals surface area (Å²) in [6.07, 6.45) is 5.74. The zero-order valence-electron chi connectivity index (χ0n) is 34.6. The van der Waals surface area contributed by atoms with Crippen molar-refractivity contribution in [2.45, 2.75) is 43.8 Å². The van der Waals surface area contributed by atoms with Gasteiger partial charge in [-0.15, -0.1) is 11.3 Å². The van der Waals surface area contributed by atoms with E-state index >= 15 is 0 Å². The lowest BCUT2D eigenvalue weighted by molar-refractivity contribution is -0.125. The fourth-order valence-electron chi connectivity index (χ4n) is 7.59. The number of hydrogen-bond donors (Lipinski definition) is 3. The summed E-state index contributed by atoms with van der Waals surface area (Å²) >= 11 is 1.57. The molecule has 0 radical (unpaired) electrons. The summed E-state index contributed by atoms with van der Waals surface area (Å²) in [5.41, 5.74) is 10.1. The van der Waals surface area contributed by atoms with Crippen LogP contribution in [-0.2, 0) is 32.6 Å². The number of nitrogens with zero attached hydrogens (tertiary/aromatic N) is 9. The van der Waals surface area contributed by atoms with Crippen molar-refractivity contribution in [2.24, 2.45) is 12.2 Å². The van der Waals surface area contributed by atoms with Gasteiger partial charge in [0.1, 0.15) is 11.9 Å². The Bertz CT molecular complexity index is 2580. The van der Waals surface area contributed by atoms with Gasteiger partial charge in [0.2, 0.25) is 11.9 Å². The van der Waals surface area contributed by atoms with Crippen molar-refractivity contribution in [1.82, 2.24) is 39.6 Å². The molecule has 1 unspecified atom stereocenters. The van der Waals surface area contributed by atoms with Crippen LogP contribution in [0.4, 0.5) is 5.95 Å². The lowest BCUT2D eigenvalue weighted by Gasteiger charge is -2.32. The number of fused-ring (bicyclic) bond motifs is 1. The fraction of sp³-hybridized carbons (Fsp3) is 0.463. The third kappa shape index (κ3) is 11.8. The minimum atomic E-state index is -0.912. The van der Waals surface area contributed by atoms with Crippen LogP contribution in [0.25, 0.3) is 31.9 Å². The number of nitrogens with one attached hydrogen (secondary N) is 3. The number of carbonyl (C=O) groups is 2. The van der Waals surface area contributed by atoms with Crippen LogP contribution >= 0.6 is 11.3 Å². The van der Waals surface area contributed by atoms with E-state index in [1.165, 1.54) is 30.1 Å². The minimum absolute atomic E-state index is 0.0188. The first kappa shape index (κ1) is 44.8. The van der Waals surface area contributed by atoms with Crippen molar-refractivity contribution >= 4 is 40.0 Å². The molecule has 2 amide bonds. The number of aryl methyl sites for hydroxylation is 1. The summed E-state index contributed by atoms with van der Waals surface area (Å²) in [5.74, 6) is -0.443. The highest BCUT2D eigenvalue weighted by molar-refractivity contribution is 7.13. The maximum absolute atomic E-state index is 13.6. The summed E-state index contributed by atoms with van der Waals surface area (Å²) in [6, 6.07) is 8.17. The number of thiophene rings is 1. The molecule has 3 atom stereocenters. The summed E-state index contributed by atoms with van der Waals surface area (Å²) in [7, 11) is 1.41. The predicted octanol–water partition coefficient (Wildman–Crippen LogP) is 2.64. The van der Waals surface area contributed by atoms with Crippen molar-refractivity contribution in [1.29, 1.82) is 0 Å². The molecule has 6 heterocycles. The Morgan fingerprint density at radius 2 is 1.78 bits per heavy atom. The Morgan fingerprint density at radius 3 is 2.52 bits per heavy atom. The third-order valence-electron chi connectivity index (χ3n) is 10.7. The number of amides is 2. The molecule has 3 N–H and O–H groups in total. The van der Waals surface area contributed by atoms with Gasteiger partial charge in [-0.05, 0) is 61.0 Å². The average molecular weight is 885 g/mol. The van der Waals surface area contributed by atoms with Crippen LogP contribution in [0.5, 0.6) is 0 Å². The van der Waals surface area contributed by atoms with Crippen LogP contribution < -0.4 is 27.6 Å². The molecule has 2 fully saturated rings. The molecule has 7 rings (SSSR count). The van der Waals surface area contributed by atoms with E-state index in [0.717, 1.165) is 46.8 Å². The largest absolute Gasteiger partial charge is 0.422 e. The van der Waals surface area contributed by atoms with Gasteiger partial charge in [0.25, 0.3) is 11.5 Å². The monoisotopic (exact) mass is 884 g/mol. The first-order valence-corrected chi connectivity index (χ1v) is 21.5. The number of carbonyl (C=O) groups excluding carboxylic acids is 2. The zero-order valence-corrected chi connectivity index (χ0v) is 35.5. The van der Waals surface area contributed by atoms with Crippen LogP contribution in [0.3, 0.4) is 0 Å². The number of aromatic amines is 1. The minimum Gasteiger partial charge on any atom is -0.377 e. The molecule has 5 aromatic rings. The number of aromatic nitrogens is 5.